The number of oxazole rings is 1. The van der Waals surface area contributed by atoms with Crippen molar-refractivity contribution in [3.8, 4) is 5.69 Å². The molecule has 2 atom stereocenters. The van der Waals surface area contributed by atoms with Crippen molar-refractivity contribution in [2.45, 2.75) is 32.7 Å². The number of likely N-dealkylation sites (tertiary alicyclic amines) is 1. The number of fused-ring (bicyclic) bond motifs is 1. The quantitative estimate of drug-likeness (QED) is 0.459. The molecule has 1 N–H and O–H groups in total. The van der Waals surface area contributed by atoms with E-state index in [1.54, 1.807) is 29.2 Å². The van der Waals surface area contributed by atoms with Crippen LogP contribution in [0.3, 0.4) is 0 Å². The lowest BCUT2D eigenvalue weighted by molar-refractivity contribution is 0.0539. The number of benzene rings is 2. The van der Waals surface area contributed by atoms with Gasteiger partial charge in [-0.1, -0.05) is 30.2 Å². The van der Waals surface area contributed by atoms with E-state index in [2.05, 4.69) is 27.3 Å². The monoisotopic (exact) mass is 464 g/mol. The zero-order chi connectivity index (χ0) is 22.9. The van der Waals surface area contributed by atoms with Crippen LogP contribution in [0.2, 0.25) is 5.02 Å². The molecule has 2 aromatic carbocycles. The molecule has 0 radical (unpaired) electrons. The smallest absolute Gasteiger partial charge is 0.295 e. The first-order chi connectivity index (χ1) is 16.0. The summed E-state index contributed by atoms with van der Waals surface area (Å²) in [5.41, 5.74) is 3.74. The molecule has 9 heteroatoms. The van der Waals surface area contributed by atoms with Crippen LogP contribution in [0.15, 0.2) is 53.5 Å². The number of carbonyl (C=O) groups excluding carboxylic acids is 1. The van der Waals surface area contributed by atoms with Gasteiger partial charge in [-0.2, -0.15) is 10.1 Å². The normalized spacial score (nSPS) is 18.6. The van der Waals surface area contributed by atoms with Gasteiger partial charge in [0.15, 0.2) is 5.58 Å². The molecule has 0 saturated carbocycles. The van der Waals surface area contributed by atoms with Crippen molar-refractivity contribution in [2.75, 3.05) is 18.4 Å². The number of nitrogens with one attached hydrogen (secondary N) is 1. The molecule has 1 amide bonds. The second-order valence-corrected chi connectivity index (χ2v) is 8.99. The van der Waals surface area contributed by atoms with E-state index < -0.39 is 0 Å². The molecule has 3 heterocycles. The standard InChI is InChI=1S/C24H25ClN6O2/c1-15-5-7-20(31-14-26-13-28-31)18(10-15)23(32)30-9-3-4-16(2)21(30)12-27-24-29-19-11-17(25)6-8-22(19)33-24/h5-8,10-11,13-14,16,21H,3-4,9,12H2,1-2H3,(H,27,29). The van der Waals surface area contributed by atoms with Crippen LogP contribution < -0.4 is 5.32 Å². The van der Waals surface area contributed by atoms with Crippen LogP contribution in [0, 0.1) is 12.8 Å². The molecule has 170 valence electrons. The van der Waals surface area contributed by atoms with Crippen LogP contribution in [0.5, 0.6) is 0 Å². The van der Waals surface area contributed by atoms with Gasteiger partial charge in [0.1, 0.15) is 18.2 Å². The third-order valence-electron chi connectivity index (χ3n) is 6.24. The van der Waals surface area contributed by atoms with Crippen LogP contribution in [0.25, 0.3) is 16.8 Å². The number of aromatic nitrogens is 4. The first kappa shape index (κ1) is 21.5. The first-order valence-corrected chi connectivity index (χ1v) is 11.4. The van der Waals surface area contributed by atoms with Crippen molar-refractivity contribution in [2.24, 2.45) is 5.92 Å². The van der Waals surface area contributed by atoms with Gasteiger partial charge in [0, 0.05) is 18.1 Å². The highest BCUT2D eigenvalue weighted by molar-refractivity contribution is 6.31. The van der Waals surface area contributed by atoms with E-state index in [1.165, 1.54) is 6.33 Å². The predicted molar refractivity (Wildman–Crippen MR) is 127 cm³/mol. The summed E-state index contributed by atoms with van der Waals surface area (Å²) in [7, 11) is 0. The van der Waals surface area contributed by atoms with Crippen molar-refractivity contribution >= 4 is 34.6 Å². The number of aryl methyl sites for hydroxylation is 1. The second kappa shape index (κ2) is 8.86. The van der Waals surface area contributed by atoms with Crippen LogP contribution in [0.4, 0.5) is 6.01 Å². The highest BCUT2D eigenvalue weighted by atomic mass is 35.5. The summed E-state index contributed by atoms with van der Waals surface area (Å²) in [5.74, 6) is 0.320. The highest BCUT2D eigenvalue weighted by Gasteiger charge is 2.33. The molecule has 2 aromatic heterocycles. The number of rotatable bonds is 5. The Hall–Kier alpha value is -3.39. The summed E-state index contributed by atoms with van der Waals surface area (Å²) in [5, 5.41) is 8.15. The zero-order valence-corrected chi connectivity index (χ0v) is 19.3. The van der Waals surface area contributed by atoms with E-state index in [0.29, 0.717) is 46.7 Å². The molecule has 0 spiro atoms. The second-order valence-electron chi connectivity index (χ2n) is 8.56. The van der Waals surface area contributed by atoms with Crippen molar-refractivity contribution < 1.29 is 9.21 Å². The molecule has 8 nitrogen and oxygen atoms in total. The van der Waals surface area contributed by atoms with Crippen molar-refractivity contribution in [1.29, 1.82) is 0 Å². The fraction of sp³-hybridized carbons (Fsp3) is 0.333. The Labute approximate surface area is 196 Å². The summed E-state index contributed by atoms with van der Waals surface area (Å²) in [6, 6.07) is 11.6. The fourth-order valence-corrected chi connectivity index (χ4v) is 4.66. The SMILES string of the molecule is Cc1ccc(-n2cncn2)c(C(=O)N2CCCC(C)C2CNc2nc3cc(Cl)ccc3o2)c1. The van der Waals surface area contributed by atoms with E-state index in [1.807, 2.05) is 30.0 Å². The lowest BCUT2D eigenvalue weighted by atomic mass is 9.90. The van der Waals surface area contributed by atoms with E-state index in [9.17, 15) is 4.79 Å². The van der Waals surface area contributed by atoms with Crippen molar-refractivity contribution in [3.63, 3.8) is 0 Å². The average molecular weight is 465 g/mol. The summed E-state index contributed by atoms with van der Waals surface area (Å²) >= 11 is 6.06. The van der Waals surface area contributed by atoms with Gasteiger partial charge >= 0.3 is 0 Å². The summed E-state index contributed by atoms with van der Waals surface area (Å²) in [4.78, 5) is 24.3. The minimum Gasteiger partial charge on any atom is -0.424 e. The number of anilines is 1. The molecule has 1 aliphatic heterocycles. The molecule has 33 heavy (non-hydrogen) atoms. The first-order valence-electron chi connectivity index (χ1n) is 11.1. The number of nitrogens with zero attached hydrogens (tertiary/aromatic N) is 5. The van der Waals surface area contributed by atoms with Gasteiger partial charge in [-0.25, -0.2) is 9.67 Å². The van der Waals surface area contributed by atoms with Gasteiger partial charge < -0.3 is 14.6 Å². The number of piperidine rings is 1. The van der Waals surface area contributed by atoms with Crippen LogP contribution in [-0.2, 0) is 0 Å². The third kappa shape index (κ3) is 4.30. The van der Waals surface area contributed by atoms with E-state index in [4.69, 9.17) is 16.0 Å². The average Bonchev–Trinajstić information content (AvgIpc) is 3.47. The van der Waals surface area contributed by atoms with Gasteiger partial charge in [-0.05, 0) is 56.0 Å². The minimum atomic E-state index is -0.00750. The molecule has 1 aliphatic rings. The largest absolute Gasteiger partial charge is 0.424 e. The number of hydrogen-bond acceptors (Lipinski definition) is 6. The Morgan fingerprint density at radius 1 is 1.27 bits per heavy atom. The maximum absolute atomic E-state index is 13.8. The Morgan fingerprint density at radius 2 is 2.15 bits per heavy atom. The number of hydrogen-bond donors (Lipinski definition) is 1. The van der Waals surface area contributed by atoms with E-state index in [0.717, 1.165) is 24.1 Å². The summed E-state index contributed by atoms with van der Waals surface area (Å²) in [6.07, 6.45) is 5.11. The Balaban J connectivity index is 1.40. The van der Waals surface area contributed by atoms with Crippen LogP contribution >= 0.6 is 11.6 Å². The maximum Gasteiger partial charge on any atom is 0.295 e. The molecule has 2 unspecified atom stereocenters. The third-order valence-corrected chi connectivity index (χ3v) is 6.47. The summed E-state index contributed by atoms with van der Waals surface area (Å²) in [6.45, 7) is 5.41. The summed E-state index contributed by atoms with van der Waals surface area (Å²) < 4.78 is 7.45. The topological polar surface area (TPSA) is 89.1 Å². The Kier molecular flexibility index (Phi) is 5.76. The molecule has 4 aromatic rings. The van der Waals surface area contributed by atoms with Gasteiger partial charge in [0.2, 0.25) is 0 Å². The Morgan fingerprint density at radius 3 is 2.97 bits per heavy atom. The van der Waals surface area contributed by atoms with Crippen molar-refractivity contribution in [3.05, 3.63) is 65.2 Å². The van der Waals surface area contributed by atoms with Gasteiger partial charge in [0.05, 0.1) is 17.3 Å². The lowest BCUT2D eigenvalue weighted by Gasteiger charge is -2.40. The fourth-order valence-electron chi connectivity index (χ4n) is 4.49. The predicted octanol–water partition coefficient (Wildman–Crippen LogP) is 4.72. The van der Waals surface area contributed by atoms with E-state index in [-0.39, 0.29) is 11.9 Å². The zero-order valence-electron chi connectivity index (χ0n) is 18.5. The lowest BCUT2D eigenvalue weighted by Crippen LogP contribution is -2.51. The van der Waals surface area contributed by atoms with Crippen molar-refractivity contribution in [1.82, 2.24) is 24.6 Å². The van der Waals surface area contributed by atoms with Gasteiger partial charge in [0.25, 0.3) is 11.9 Å². The molecule has 5 rings (SSSR count). The van der Waals surface area contributed by atoms with Gasteiger partial charge in [-0.15, -0.1) is 0 Å². The molecular weight excluding hydrogens is 440 g/mol. The molecule has 1 saturated heterocycles. The maximum atomic E-state index is 13.8. The molecule has 1 fully saturated rings. The van der Waals surface area contributed by atoms with E-state index >= 15 is 0 Å². The van der Waals surface area contributed by atoms with Gasteiger partial charge in [-0.3, -0.25) is 4.79 Å². The molecule has 0 aliphatic carbocycles. The number of halogens is 1. The molecular formula is C24H25ClN6O2. The minimum absolute atomic E-state index is 0.00559. The van der Waals surface area contributed by atoms with Crippen LogP contribution in [0.1, 0.15) is 35.7 Å². The van der Waals surface area contributed by atoms with Crippen LogP contribution in [-0.4, -0.2) is 49.7 Å². The highest BCUT2D eigenvalue weighted by Crippen LogP contribution is 2.28. The Bertz CT molecular complexity index is 1290. The molecule has 0 bridgehead atoms. The number of amides is 1. The number of carbonyl (C=O) groups is 1.